The lowest BCUT2D eigenvalue weighted by Crippen LogP contribution is -2.06. The maximum absolute atomic E-state index is 13.5. The Hall–Kier alpha value is -2.37. The van der Waals surface area contributed by atoms with Crippen LogP contribution in [-0.4, -0.2) is 16.6 Å². The van der Waals surface area contributed by atoms with Gasteiger partial charge in [-0.25, -0.2) is 4.39 Å². The van der Waals surface area contributed by atoms with Crippen LogP contribution >= 0.6 is 0 Å². The minimum atomic E-state index is -0.331. The molecular weight excluding hydrogens is 261 g/mol. The highest BCUT2D eigenvalue weighted by Crippen LogP contribution is 2.27. The fourth-order valence-corrected chi connectivity index (χ4v) is 1.55. The zero-order valence-electron chi connectivity index (χ0n) is 11.2. The molecule has 0 unspecified atom stereocenters. The molecule has 5 nitrogen and oxygen atoms in total. The Morgan fingerprint density at radius 1 is 1.15 bits per heavy atom. The van der Waals surface area contributed by atoms with Crippen molar-refractivity contribution in [2.75, 3.05) is 12.3 Å². The van der Waals surface area contributed by atoms with Gasteiger partial charge in [-0.3, -0.25) is 0 Å². The van der Waals surface area contributed by atoms with E-state index in [1.54, 1.807) is 18.2 Å². The van der Waals surface area contributed by atoms with Crippen molar-refractivity contribution in [3.8, 4) is 11.8 Å². The van der Waals surface area contributed by atoms with Gasteiger partial charge in [0.05, 0.1) is 6.61 Å². The van der Waals surface area contributed by atoms with Crippen molar-refractivity contribution in [2.24, 2.45) is 0 Å². The molecule has 0 saturated heterocycles. The van der Waals surface area contributed by atoms with Gasteiger partial charge in [-0.15, -0.1) is 0 Å². The van der Waals surface area contributed by atoms with Crippen molar-refractivity contribution in [3.05, 3.63) is 42.0 Å². The first kappa shape index (κ1) is 14.0. The van der Waals surface area contributed by atoms with E-state index in [1.165, 1.54) is 12.4 Å². The van der Waals surface area contributed by atoms with Gasteiger partial charge in [0.25, 0.3) is 0 Å². The van der Waals surface area contributed by atoms with Crippen molar-refractivity contribution in [1.82, 2.24) is 9.97 Å². The van der Waals surface area contributed by atoms with E-state index in [2.05, 4.69) is 9.97 Å². The average Bonchev–Trinajstić information content (AvgIpc) is 2.46. The highest BCUT2D eigenvalue weighted by Gasteiger charge is 2.11. The van der Waals surface area contributed by atoms with Crippen LogP contribution in [0.15, 0.2) is 30.6 Å². The van der Waals surface area contributed by atoms with Crippen molar-refractivity contribution in [2.45, 2.75) is 20.0 Å². The molecule has 0 bridgehead atoms. The molecule has 0 fully saturated rings. The molecule has 106 valence electrons. The van der Waals surface area contributed by atoms with E-state index < -0.39 is 0 Å². The predicted molar refractivity (Wildman–Crippen MR) is 73.0 cm³/mol. The standard InChI is InChI=1S/C14H16FN3O2/c1-2-7-19-13-12(16)14(18-9-17-13)20-8-10-5-3-4-6-11(10)15/h3-6,9H,2,7-8,16H2,1H3. The first-order chi connectivity index (χ1) is 9.72. The van der Waals surface area contributed by atoms with Gasteiger partial charge in [0.15, 0.2) is 5.69 Å². The fourth-order valence-electron chi connectivity index (χ4n) is 1.55. The number of nitrogens with zero attached hydrogens (tertiary/aromatic N) is 2. The number of hydrogen-bond acceptors (Lipinski definition) is 5. The third-order valence-corrected chi connectivity index (χ3v) is 2.58. The number of rotatable bonds is 6. The highest BCUT2D eigenvalue weighted by atomic mass is 19.1. The smallest absolute Gasteiger partial charge is 0.244 e. The second kappa shape index (κ2) is 6.70. The molecule has 0 amide bonds. The van der Waals surface area contributed by atoms with E-state index in [1.807, 2.05) is 6.92 Å². The molecule has 0 spiro atoms. The van der Waals surface area contributed by atoms with Gasteiger partial charge in [-0.05, 0) is 12.5 Å². The summed E-state index contributed by atoms with van der Waals surface area (Å²) in [5.41, 5.74) is 6.51. The minimum absolute atomic E-state index is 0.0428. The molecule has 0 radical (unpaired) electrons. The molecule has 1 heterocycles. The van der Waals surface area contributed by atoms with Gasteiger partial charge in [0.1, 0.15) is 18.8 Å². The Kier molecular flexibility index (Phi) is 4.70. The van der Waals surface area contributed by atoms with Gasteiger partial charge in [0.2, 0.25) is 11.8 Å². The van der Waals surface area contributed by atoms with Gasteiger partial charge >= 0.3 is 0 Å². The Bertz CT molecular complexity index is 578. The normalized spacial score (nSPS) is 10.3. The van der Waals surface area contributed by atoms with Crippen LogP contribution in [0.3, 0.4) is 0 Å². The van der Waals surface area contributed by atoms with E-state index in [0.29, 0.717) is 12.2 Å². The van der Waals surface area contributed by atoms with Gasteiger partial charge in [-0.1, -0.05) is 25.1 Å². The first-order valence-electron chi connectivity index (χ1n) is 6.31. The van der Waals surface area contributed by atoms with Gasteiger partial charge in [0, 0.05) is 5.56 Å². The Morgan fingerprint density at radius 2 is 1.85 bits per heavy atom. The average molecular weight is 277 g/mol. The van der Waals surface area contributed by atoms with E-state index in [0.717, 1.165) is 6.42 Å². The number of nitrogens with two attached hydrogens (primary N) is 1. The summed E-state index contributed by atoms with van der Waals surface area (Å²) < 4.78 is 24.3. The van der Waals surface area contributed by atoms with Crippen LogP contribution in [0.1, 0.15) is 18.9 Å². The molecule has 1 aromatic heterocycles. The second-order valence-electron chi connectivity index (χ2n) is 4.13. The molecular formula is C14H16FN3O2. The zero-order valence-corrected chi connectivity index (χ0v) is 11.2. The van der Waals surface area contributed by atoms with Crippen LogP contribution in [-0.2, 0) is 6.61 Å². The van der Waals surface area contributed by atoms with Gasteiger partial charge < -0.3 is 15.2 Å². The summed E-state index contributed by atoms with van der Waals surface area (Å²) in [5, 5.41) is 0. The number of hydrogen-bond donors (Lipinski definition) is 1. The van der Waals surface area contributed by atoms with Crippen molar-refractivity contribution in [1.29, 1.82) is 0 Å². The van der Waals surface area contributed by atoms with Crippen molar-refractivity contribution in [3.63, 3.8) is 0 Å². The van der Waals surface area contributed by atoms with Crippen molar-refractivity contribution < 1.29 is 13.9 Å². The quantitative estimate of drug-likeness (QED) is 0.878. The third kappa shape index (κ3) is 3.34. The topological polar surface area (TPSA) is 70.3 Å². The number of aromatic nitrogens is 2. The summed E-state index contributed by atoms with van der Waals surface area (Å²) in [6, 6.07) is 6.37. The Balaban J connectivity index is 2.08. The number of benzene rings is 1. The lowest BCUT2D eigenvalue weighted by molar-refractivity contribution is 0.278. The summed E-state index contributed by atoms with van der Waals surface area (Å²) in [4.78, 5) is 7.87. The molecule has 2 rings (SSSR count). The largest absolute Gasteiger partial charge is 0.476 e. The third-order valence-electron chi connectivity index (χ3n) is 2.58. The van der Waals surface area contributed by atoms with E-state index in [4.69, 9.17) is 15.2 Å². The van der Waals surface area contributed by atoms with Crippen LogP contribution < -0.4 is 15.2 Å². The van der Waals surface area contributed by atoms with E-state index >= 15 is 0 Å². The summed E-state index contributed by atoms with van der Waals surface area (Å²) in [5.74, 6) is 0.141. The number of anilines is 1. The van der Waals surface area contributed by atoms with Gasteiger partial charge in [-0.2, -0.15) is 9.97 Å². The lowest BCUT2D eigenvalue weighted by Gasteiger charge is -2.11. The SMILES string of the molecule is CCCOc1ncnc(OCc2ccccc2F)c1N. The lowest BCUT2D eigenvalue weighted by atomic mass is 10.2. The zero-order chi connectivity index (χ0) is 14.4. The minimum Gasteiger partial charge on any atom is -0.476 e. The highest BCUT2D eigenvalue weighted by molar-refractivity contribution is 5.55. The summed E-state index contributed by atoms with van der Waals surface area (Å²) >= 11 is 0. The monoisotopic (exact) mass is 277 g/mol. The van der Waals surface area contributed by atoms with E-state index in [-0.39, 0.29) is 29.9 Å². The molecule has 0 atom stereocenters. The molecule has 0 aliphatic carbocycles. The Morgan fingerprint density at radius 3 is 2.55 bits per heavy atom. The van der Waals surface area contributed by atoms with Crippen LogP contribution in [0.25, 0.3) is 0 Å². The van der Waals surface area contributed by atoms with Crippen LogP contribution in [0, 0.1) is 5.82 Å². The molecule has 20 heavy (non-hydrogen) atoms. The molecule has 6 heteroatoms. The first-order valence-corrected chi connectivity index (χ1v) is 6.31. The maximum Gasteiger partial charge on any atom is 0.244 e. The summed E-state index contributed by atoms with van der Waals surface area (Å²) in [6.45, 7) is 2.53. The molecule has 0 saturated carbocycles. The second-order valence-corrected chi connectivity index (χ2v) is 4.13. The van der Waals surface area contributed by atoms with Crippen LogP contribution in [0.5, 0.6) is 11.8 Å². The molecule has 1 aromatic carbocycles. The molecule has 0 aliphatic rings. The van der Waals surface area contributed by atoms with Crippen LogP contribution in [0.4, 0.5) is 10.1 Å². The molecule has 2 aromatic rings. The molecule has 2 N–H and O–H groups in total. The van der Waals surface area contributed by atoms with Crippen LogP contribution in [0.2, 0.25) is 0 Å². The summed E-state index contributed by atoms with van der Waals surface area (Å²) in [7, 11) is 0. The number of nitrogen functional groups attached to an aromatic ring is 1. The van der Waals surface area contributed by atoms with Crippen molar-refractivity contribution >= 4 is 5.69 Å². The summed E-state index contributed by atoms with van der Waals surface area (Å²) in [6.07, 6.45) is 2.15. The maximum atomic E-state index is 13.5. The Labute approximate surface area is 116 Å². The fraction of sp³-hybridized carbons (Fsp3) is 0.286. The van der Waals surface area contributed by atoms with E-state index in [9.17, 15) is 4.39 Å². The predicted octanol–water partition coefficient (Wildman–Crippen LogP) is 2.57. The number of ether oxygens (including phenoxy) is 2. The number of halogens is 1. The molecule has 0 aliphatic heterocycles.